The van der Waals surface area contributed by atoms with Crippen LogP contribution in [-0.4, -0.2) is 56.1 Å². The van der Waals surface area contributed by atoms with Gasteiger partial charge in [-0.3, -0.25) is 4.79 Å². The van der Waals surface area contributed by atoms with E-state index in [1.165, 1.54) is 5.56 Å². The predicted molar refractivity (Wildman–Crippen MR) is 151 cm³/mol. The fraction of sp³-hybridized carbons (Fsp3) is 0.290. The lowest BCUT2D eigenvalue weighted by Gasteiger charge is -2.41. The molecule has 1 saturated heterocycles. The molecule has 0 spiro atoms. The fourth-order valence-electron chi connectivity index (χ4n) is 5.65. The summed E-state index contributed by atoms with van der Waals surface area (Å²) in [5.41, 5.74) is 4.94. The Balaban J connectivity index is 1.37. The van der Waals surface area contributed by atoms with Crippen molar-refractivity contribution in [1.82, 2.24) is 24.5 Å². The van der Waals surface area contributed by atoms with Crippen LogP contribution in [0.25, 0.3) is 27.9 Å². The molecular formula is C31H32N6O. The number of para-hydroxylation sites is 1. The van der Waals surface area contributed by atoms with Crippen molar-refractivity contribution in [2.75, 3.05) is 24.5 Å². The van der Waals surface area contributed by atoms with Gasteiger partial charge in [0.25, 0.3) is 0 Å². The van der Waals surface area contributed by atoms with Crippen LogP contribution in [0.5, 0.6) is 0 Å². The summed E-state index contributed by atoms with van der Waals surface area (Å²) < 4.78 is 2.08. The zero-order valence-electron chi connectivity index (χ0n) is 22.1. The van der Waals surface area contributed by atoms with Crippen LogP contribution in [0.3, 0.4) is 0 Å². The van der Waals surface area contributed by atoms with Gasteiger partial charge in [0.2, 0.25) is 11.9 Å². The van der Waals surface area contributed by atoms with E-state index in [1.54, 1.807) is 0 Å². The maximum absolute atomic E-state index is 13.7. The quantitative estimate of drug-likeness (QED) is 0.317. The van der Waals surface area contributed by atoms with E-state index in [9.17, 15) is 4.79 Å². The summed E-state index contributed by atoms with van der Waals surface area (Å²) in [5, 5.41) is 10.2. The molecule has 0 saturated carbocycles. The lowest BCUT2D eigenvalue weighted by molar-refractivity contribution is -0.135. The van der Waals surface area contributed by atoms with Crippen LogP contribution < -0.4 is 4.90 Å². The van der Waals surface area contributed by atoms with E-state index in [-0.39, 0.29) is 17.9 Å². The normalized spacial score (nSPS) is 16.8. The van der Waals surface area contributed by atoms with Gasteiger partial charge >= 0.3 is 0 Å². The molecule has 7 heteroatoms. The molecule has 5 aromatic rings. The van der Waals surface area contributed by atoms with Crippen molar-refractivity contribution in [2.45, 2.75) is 39.2 Å². The maximum atomic E-state index is 13.7. The number of fused-ring (bicyclic) bond motifs is 3. The highest BCUT2D eigenvalue weighted by Gasteiger charge is 2.33. The van der Waals surface area contributed by atoms with Gasteiger partial charge in [-0.1, -0.05) is 73.2 Å². The van der Waals surface area contributed by atoms with Crippen molar-refractivity contribution in [3.63, 3.8) is 0 Å². The molecule has 1 aliphatic heterocycles. The molecule has 0 unspecified atom stereocenters. The number of amides is 1. The summed E-state index contributed by atoms with van der Waals surface area (Å²) in [7, 11) is 0. The van der Waals surface area contributed by atoms with Gasteiger partial charge in [0.15, 0.2) is 11.5 Å². The lowest BCUT2D eigenvalue weighted by Crippen LogP contribution is -2.55. The number of benzene rings is 3. The molecule has 192 valence electrons. The first-order chi connectivity index (χ1) is 18.5. The maximum Gasteiger partial charge on any atom is 0.230 e. The third kappa shape index (κ3) is 4.18. The second kappa shape index (κ2) is 9.89. The smallest absolute Gasteiger partial charge is 0.230 e. The molecule has 2 atom stereocenters. The summed E-state index contributed by atoms with van der Waals surface area (Å²) in [6.45, 7) is 8.31. The number of hydrogen-bond donors (Lipinski definition) is 0. The average Bonchev–Trinajstić information content (AvgIpc) is 3.39. The van der Waals surface area contributed by atoms with E-state index in [0.717, 1.165) is 45.9 Å². The molecule has 3 aromatic carbocycles. The molecule has 0 bridgehead atoms. The third-order valence-electron chi connectivity index (χ3n) is 7.61. The molecule has 1 fully saturated rings. The van der Waals surface area contributed by atoms with E-state index in [2.05, 4.69) is 70.6 Å². The van der Waals surface area contributed by atoms with Crippen molar-refractivity contribution in [1.29, 1.82) is 0 Å². The first-order valence-corrected chi connectivity index (χ1v) is 13.4. The average molecular weight is 505 g/mol. The molecule has 2 aromatic heterocycles. The summed E-state index contributed by atoms with van der Waals surface area (Å²) in [6.07, 6.45) is 0.781. The first kappa shape index (κ1) is 24.1. The second-order valence-electron chi connectivity index (χ2n) is 10.2. The highest BCUT2D eigenvalue weighted by atomic mass is 16.2. The number of carbonyl (C=O) groups is 1. The molecule has 0 N–H and O–H groups in total. The summed E-state index contributed by atoms with van der Waals surface area (Å²) >= 11 is 0. The van der Waals surface area contributed by atoms with Gasteiger partial charge in [-0.25, -0.2) is 9.38 Å². The number of piperazine rings is 1. The minimum absolute atomic E-state index is 0.0382. The molecular weight excluding hydrogens is 472 g/mol. The molecule has 0 radical (unpaired) electrons. The minimum atomic E-state index is -0.124. The van der Waals surface area contributed by atoms with Crippen LogP contribution in [0, 0.1) is 6.92 Å². The molecule has 7 nitrogen and oxygen atoms in total. The molecule has 1 aliphatic rings. The van der Waals surface area contributed by atoms with Crippen molar-refractivity contribution >= 4 is 28.4 Å². The van der Waals surface area contributed by atoms with Crippen LogP contribution in [-0.2, 0) is 4.79 Å². The first-order valence-electron chi connectivity index (χ1n) is 13.4. The van der Waals surface area contributed by atoms with Crippen LogP contribution in [0.2, 0.25) is 0 Å². The predicted octanol–water partition coefficient (Wildman–Crippen LogP) is 5.48. The Morgan fingerprint density at radius 1 is 0.974 bits per heavy atom. The van der Waals surface area contributed by atoms with E-state index in [4.69, 9.17) is 4.98 Å². The molecule has 38 heavy (non-hydrogen) atoms. The van der Waals surface area contributed by atoms with Gasteiger partial charge in [0.05, 0.1) is 11.4 Å². The molecule has 3 heterocycles. The van der Waals surface area contributed by atoms with Crippen LogP contribution in [0.4, 0.5) is 5.95 Å². The third-order valence-corrected chi connectivity index (χ3v) is 7.61. The zero-order valence-corrected chi connectivity index (χ0v) is 22.1. The molecule has 6 rings (SSSR count). The largest absolute Gasteiger partial charge is 0.338 e. The van der Waals surface area contributed by atoms with Crippen LogP contribution in [0.15, 0.2) is 78.9 Å². The highest BCUT2D eigenvalue weighted by Crippen LogP contribution is 2.31. The standard InChI is InChI=1S/C31H32N6O/c1-4-25(23-12-6-5-7-13-23)30(38)36-18-17-35(20-22(36)3)31-32-27-16-9-8-15-26(27)29-34-33-28(37(29)31)24-14-10-11-21(2)19-24/h5-16,19,22,25H,4,17-18,20H2,1-3H3/t22-,25-/m0/s1. The number of anilines is 1. The van der Waals surface area contributed by atoms with Gasteiger partial charge in [-0.2, -0.15) is 0 Å². The summed E-state index contributed by atoms with van der Waals surface area (Å²) in [6, 6.07) is 26.6. The van der Waals surface area contributed by atoms with Gasteiger partial charge in [0, 0.05) is 36.6 Å². The lowest BCUT2D eigenvalue weighted by atomic mass is 9.94. The highest BCUT2D eigenvalue weighted by molar-refractivity contribution is 5.93. The Kier molecular flexibility index (Phi) is 6.27. The van der Waals surface area contributed by atoms with Gasteiger partial charge in [-0.05, 0) is 44.0 Å². The van der Waals surface area contributed by atoms with Crippen LogP contribution >= 0.6 is 0 Å². The van der Waals surface area contributed by atoms with Gasteiger partial charge in [0.1, 0.15) is 0 Å². The Morgan fingerprint density at radius 3 is 2.53 bits per heavy atom. The van der Waals surface area contributed by atoms with E-state index in [0.29, 0.717) is 19.6 Å². The second-order valence-corrected chi connectivity index (χ2v) is 10.2. The minimum Gasteiger partial charge on any atom is -0.338 e. The van der Waals surface area contributed by atoms with Crippen molar-refractivity contribution in [3.05, 3.63) is 90.0 Å². The summed E-state index contributed by atoms with van der Waals surface area (Å²) in [5.74, 6) is 1.67. The molecule has 0 aliphatic carbocycles. The zero-order chi connectivity index (χ0) is 26.2. The Labute approximate surface area is 222 Å². The number of rotatable bonds is 5. The number of hydrogen-bond acceptors (Lipinski definition) is 5. The number of aryl methyl sites for hydroxylation is 1. The Bertz CT molecular complexity index is 1610. The molecule has 1 amide bonds. The van der Waals surface area contributed by atoms with Crippen molar-refractivity contribution < 1.29 is 4.79 Å². The topological polar surface area (TPSA) is 66.6 Å². The number of aromatic nitrogens is 4. The van der Waals surface area contributed by atoms with Crippen LogP contribution in [0.1, 0.15) is 37.3 Å². The van der Waals surface area contributed by atoms with E-state index in [1.807, 2.05) is 53.4 Å². The summed E-state index contributed by atoms with van der Waals surface area (Å²) in [4.78, 5) is 23.1. The SMILES string of the molecule is CC[C@H](C(=O)N1CCN(c2nc3ccccc3c3nnc(-c4cccc(C)c4)n23)C[C@@H]1C)c1ccccc1. The van der Waals surface area contributed by atoms with E-state index >= 15 is 0 Å². The fourth-order valence-corrected chi connectivity index (χ4v) is 5.65. The number of nitrogens with zero attached hydrogens (tertiary/aromatic N) is 6. The Morgan fingerprint density at radius 2 is 1.76 bits per heavy atom. The van der Waals surface area contributed by atoms with E-state index < -0.39 is 0 Å². The van der Waals surface area contributed by atoms with Gasteiger partial charge in [-0.15, -0.1) is 10.2 Å². The number of carbonyl (C=O) groups excluding carboxylic acids is 1. The van der Waals surface area contributed by atoms with Gasteiger partial charge < -0.3 is 9.80 Å². The van der Waals surface area contributed by atoms with Crippen molar-refractivity contribution in [2.24, 2.45) is 0 Å². The monoisotopic (exact) mass is 504 g/mol. The Hall–Kier alpha value is -4.26. The van der Waals surface area contributed by atoms with Crippen molar-refractivity contribution in [3.8, 4) is 11.4 Å².